The van der Waals surface area contributed by atoms with Crippen molar-refractivity contribution >= 4 is 51.4 Å². The molecule has 1 aliphatic heterocycles. The van der Waals surface area contributed by atoms with E-state index in [1.165, 1.54) is 32.7 Å². The predicted octanol–water partition coefficient (Wildman–Crippen LogP) is 11.5. The van der Waals surface area contributed by atoms with Gasteiger partial charge in [0.2, 0.25) is 0 Å². The Morgan fingerprint density at radius 1 is 0.596 bits per heavy atom. The topological polar surface area (TPSA) is 53.3 Å². The van der Waals surface area contributed by atoms with Gasteiger partial charge in [-0.15, -0.1) is 0 Å². The molecule has 0 radical (unpaired) electrons. The maximum Gasteiger partial charge on any atom is 0.0687 e. The highest BCUT2D eigenvalue weighted by Crippen LogP contribution is 2.40. The molecule has 4 nitrogen and oxygen atoms in total. The number of nitrogens with two attached hydrogens (primary N) is 1. The SMILES string of the molecule is C=C1/C=c2/cccc/c2=C/Cc2ccccc2N1c1cccc(-c2c(NCC(Nc3ccccc3N)c3cccc(-c4ccccc4)c3)ccc3ccccc23)c1. The van der Waals surface area contributed by atoms with E-state index in [1.54, 1.807) is 0 Å². The Labute approximate surface area is 334 Å². The highest BCUT2D eigenvalue weighted by molar-refractivity contribution is 6.03. The summed E-state index contributed by atoms with van der Waals surface area (Å²) in [6.07, 6.45) is 5.34. The number of nitrogens with one attached hydrogen (secondary N) is 2. The minimum atomic E-state index is -0.0935. The zero-order valence-electron chi connectivity index (χ0n) is 31.8. The zero-order valence-corrected chi connectivity index (χ0v) is 31.8. The number of allylic oxidation sites excluding steroid dienone is 1. The van der Waals surface area contributed by atoms with Gasteiger partial charge in [0, 0.05) is 34.9 Å². The summed E-state index contributed by atoms with van der Waals surface area (Å²) in [6, 6.07) is 66.4. The number of rotatable bonds is 9. The van der Waals surface area contributed by atoms with Crippen LogP contribution in [0.3, 0.4) is 0 Å². The Morgan fingerprint density at radius 3 is 2.21 bits per heavy atom. The minimum Gasteiger partial charge on any atom is -0.397 e. The first-order chi connectivity index (χ1) is 28.1. The number of fused-ring (bicyclic) bond motifs is 3. The van der Waals surface area contributed by atoms with Crippen molar-refractivity contribution in [2.24, 2.45) is 0 Å². The van der Waals surface area contributed by atoms with Crippen LogP contribution < -0.4 is 31.7 Å². The summed E-state index contributed by atoms with van der Waals surface area (Å²) >= 11 is 0. The molecule has 8 aromatic carbocycles. The third kappa shape index (κ3) is 7.41. The number of nitrogen functional groups attached to an aromatic ring is 1. The van der Waals surface area contributed by atoms with E-state index in [4.69, 9.17) is 5.73 Å². The first kappa shape index (κ1) is 35.4. The predicted molar refractivity (Wildman–Crippen MR) is 243 cm³/mol. The fraction of sp³-hybridized carbons (Fsp3) is 0.0566. The van der Waals surface area contributed by atoms with Gasteiger partial charge in [-0.25, -0.2) is 0 Å². The molecule has 1 aliphatic rings. The van der Waals surface area contributed by atoms with Gasteiger partial charge < -0.3 is 21.3 Å². The van der Waals surface area contributed by atoms with E-state index in [-0.39, 0.29) is 6.04 Å². The molecule has 1 unspecified atom stereocenters. The van der Waals surface area contributed by atoms with Crippen LogP contribution in [-0.4, -0.2) is 6.54 Å². The molecule has 0 aliphatic carbocycles. The van der Waals surface area contributed by atoms with E-state index in [0.29, 0.717) is 12.2 Å². The lowest BCUT2D eigenvalue weighted by Gasteiger charge is -2.28. The van der Waals surface area contributed by atoms with Gasteiger partial charge in [-0.05, 0) is 104 Å². The zero-order chi connectivity index (χ0) is 38.6. The lowest BCUT2D eigenvalue weighted by Crippen LogP contribution is -2.25. The third-order valence-electron chi connectivity index (χ3n) is 10.9. The molecule has 0 saturated carbocycles. The van der Waals surface area contributed by atoms with Crippen molar-refractivity contribution in [2.45, 2.75) is 12.5 Å². The first-order valence-corrected chi connectivity index (χ1v) is 19.6. The molecule has 1 atom stereocenters. The Morgan fingerprint density at radius 2 is 1.32 bits per heavy atom. The van der Waals surface area contributed by atoms with E-state index < -0.39 is 0 Å². The van der Waals surface area contributed by atoms with Crippen LogP contribution in [0.2, 0.25) is 0 Å². The van der Waals surface area contributed by atoms with Gasteiger partial charge in [-0.3, -0.25) is 0 Å². The summed E-state index contributed by atoms with van der Waals surface area (Å²) in [5.74, 6) is 0. The Hall–Kier alpha value is -7.30. The van der Waals surface area contributed by atoms with Crippen molar-refractivity contribution in [1.29, 1.82) is 0 Å². The Kier molecular flexibility index (Phi) is 9.82. The molecule has 9 rings (SSSR count). The van der Waals surface area contributed by atoms with Crippen molar-refractivity contribution in [3.63, 3.8) is 0 Å². The van der Waals surface area contributed by atoms with Crippen LogP contribution in [0, 0.1) is 0 Å². The summed E-state index contributed by atoms with van der Waals surface area (Å²) in [4.78, 5) is 2.30. The fourth-order valence-electron chi connectivity index (χ4n) is 8.03. The summed E-state index contributed by atoms with van der Waals surface area (Å²) in [6.45, 7) is 5.26. The molecule has 276 valence electrons. The monoisotopic (exact) mass is 736 g/mol. The molecule has 4 N–H and O–H groups in total. The van der Waals surface area contributed by atoms with Crippen molar-refractivity contribution in [1.82, 2.24) is 0 Å². The average Bonchev–Trinajstić information content (AvgIpc) is 3.32. The largest absolute Gasteiger partial charge is 0.397 e. The van der Waals surface area contributed by atoms with E-state index in [0.717, 1.165) is 56.8 Å². The van der Waals surface area contributed by atoms with E-state index in [9.17, 15) is 0 Å². The van der Waals surface area contributed by atoms with Gasteiger partial charge in [0.1, 0.15) is 0 Å². The van der Waals surface area contributed by atoms with E-state index in [2.05, 4.69) is 198 Å². The summed E-state index contributed by atoms with van der Waals surface area (Å²) in [5.41, 5.74) is 19.3. The van der Waals surface area contributed by atoms with E-state index >= 15 is 0 Å². The number of nitrogens with zero attached hydrogens (tertiary/aromatic N) is 1. The van der Waals surface area contributed by atoms with Crippen LogP contribution in [0.5, 0.6) is 0 Å². The molecule has 0 amide bonds. The van der Waals surface area contributed by atoms with Gasteiger partial charge in [0.05, 0.1) is 17.4 Å². The molecule has 8 aromatic rings. The quantitative estimate of drug-likeness (QED) is 0.129. The number of benzene rings is 8. The van der Waals surface area contributed by atoms with Crippen LogP contribution in [0.4, 0.5) is 28.4 Å². The smallest absolute Gasteiger partial charge is 0.0687 e. The molecule has 4 heteroatoms. The third-order valence-corrected chi connectivity index (χ3v) is 10.9. The second-order valence-corrected chi connectivity index (χ2v) is 14.6. The maximum absolute atomic E-state index is 6.51. The number of hydrogen-bond acceptors (Lipinski definition) is 4. The van der Waals surface area contributed by atoms with E-state index in [1.807, 2.05) is 24.3 Å². The number of para-hydroxylation sites is 3. The van der Waals surface area contributed by atoms with Gasteiger partial charge in [0.25, 0.3) is 0 Å². The molecule has 1 heterocycles. The van der Waals surface area contributed by atoms with Gasteiger partial charge >= 0.3 is 0 Å². The van der Waals surface area contributed by atoms with Crippen molar-refractivity contribution < 1.29 is 0 Å². The van der Waals surface area contributed by atoms with Crippen LogP contribution in [0.25, 0.3) is 45.2 Å². The molecule has 0 saturated heterocycles. The lowest BCUT2D eigenvalue weighted by molar-refractivity contribution is 0.823. The Balaban J connectivity index is 1.13. The highest BCUT2D eigenvalue weighted by atomic mass is 15.1. The molecule has 0 spiro atoms. The maximum atomic E-state index is 6.51. The van der Waals surface area contributed by atoms with Gasteiger partial charge in [0.15, 0.2) is 0 Å². The van der Waals surface area contributed by atoms with Crippen molar-refractivity contribution in [2.75, 3.05) is 27.8 Å². The molecule has 0 fully saturated rings. The normalized spacial score (nSPS) is 14.0. The number of anilines is 5. The van der Waals surface area contributed by atoms with Crippen LogP contribution in [-0.2, 0) is 6.42 Å². The summed E-state index contributed by atoms with van der Waals surface area (Å²) < 4.78 is 0. The van der Waals surface area contributed by atoms with Crippen molar-refractivity contribution in [3.05, 3.63) is 222 Å². The minimum absolute atomic E-state index is 0.0935. The average molecular weight is 737 g/mol. The molecule has 0 bridgehead atoms. The van der Waals surface area contributed by atoms with Gasteiger partial charge in [-0.1, -0.05) is 158 Å². The standard InChI is InChI=1S/C53H44N4/c1-37-33-42-20-6-5-17-39(42)29-30-41-19-8-12-28-52(41)57(37)46-24-14-23-45(35-46)53-47-25-9-7-18-40(47)31-32-50(53)55-36-51(56-49-27-11-10-26-48(49)54)44-22-13-21-43(34-44)38-15-3-2-4-16-38/h2-29,31-35,51,55-56H,1,30,36,54H2/b39-29-,42-33-. The van der Waals surface area contributed by atoms with Crippen LogP contribution in [0.1, 0.15) is 17.2 Å². The van der Waals surface area contributed by atoms with Crippen LogP contribution >= 0.6 is 0 Å². The second kappa shape index (κ2) is 15.8. The van der Waals surface area contributed by atoms with Gasteiger partial charge in [-0.2, -0.15) is 0 Å². The highest BCUT2D eigenvalue weighted by Gasteiger charge is 2.20. The first-order valence-electron chi connectivity index (χ1n) is 19.6. The second-order valence-electron chi connectivity index (χ2n) is 14.6. The fourth-order valence-corrected chi connectivity index (χ4v) is 8.03. The van der Waals surface area contributed by atoms with Crippen molar-refractivity contribution in [3.8, 4) is 22.3 Å². The molecule has 57 heavy (non-hydrogen) atoms. The lowest BCUT2D eigenvalue weighted by atomic mass is 9.95. The number of hydrogen-bond donors (Lipinski definition) is 3. The Bertz CT molecular complexity index is 2860. The molecular formula is C53H44N4. The molecule has 0 aromatic heterocycles. The molecular weight excluding hydrogens is 693 g/mol. The van der Waals surface area contributed by atoms with Crippen LogP contribution in [0.15, 0.2) is 200 Å². The summed E-state index contributed by atoms with van der Waals surface area (Å²) in [5, 5.41) is 12.4. The summed E-state index contributed by atoms with van der Waals surface area (Å²) in [7, 11) is 0.